The van der Waals surface area contributed by atoms with Crippen LogP contribution in [-0.4, -0.2) is 41.6 Å². The van der Waals surface area contributed by atoms with Crippen molar-refractivity contribution in [3.05, 3.63) is 61.2 Å². The number of esters is 1. The van der Waals surface area contributed by atoms with Crippen molar-refractivity contribution in [2.75, 3.05) is 13.2 Å². The fraction of sp³-hybridized carbons (Fsp3) is 0.536. The number of unbranched alkanes of at least 4 members (excludes halogenated alkanes) is 2. The minimum Gasteiger partial charge on any atom is -0.456 e. The van der Waals surface area contributed by atoms with E-state index in [1.54, 1.807) is 6.08 Å². The summed E-state index contributed by atoms with van der Waals surface area (Å²) < 4.78 is 5.70. The number of carbonyl (C=O) groups excluding carboxylic acids is 3. The third-order valence-corrected chi connectivity index (χ3v) is 6.47. The quantitative estimate of drug-likeness (QED) is 0.186. The third kappa shape index (κ3) is 9.68. The summed E-state index contributed by atoms with van der Waals surface area (Å²) in [5.41, 5.74) is 0.210. The number of amides is 2. The van der Waals surface area contributed by atoms with Gasteiger partial charge in [-0.25, -0.2) is 0 Å². The van der Waals surface area contributed by atoms with Gasteiger partial charge in [-0.1, -0.05) is 55.3 Å². The third-order valence-electron chi connectivity index (χ3n) is 6.47. The van der Waals surface area contributed by atoms with Crippen molar-refractivity contribution in [1.82, 2.24) is 10.6 Å². The van der Waals surface area contributed by atoms with Crippen molar-refractivity contribution < 1.29 is 24.2 Å². The van der Waals surface area contributed by atoms with Crippen LogP contribution in [0.4, 0.5) is 0 Å². The van der Waals surface area contributed by atoms with Gasteiger partial charge in [0, 0.05) is 12.8 Å². The molecule has 2 amide bonds. The number of benzene rings is 1. The molecule has 0 spiro atoms. The van der Waals surface area contributed by atoms with E-state index in [-0.39, 0.29) is 37.4 Å². The number of ether oxygens (including phenoxy) is 1. The Hall–Kier alpha value is -2.93. The van der Waals surface area contributed by atoms with Gasteiger partial charge < -0.3 is 20.5 Å². The standard InChI is InChI=1S/C28H40N2O5/c1-3-5-6-10-16-26(33)35-24(22-14-8-7-9-15-22)20-29-27(34)23(13-4-2)19-25(32)30-28(21-31)17-11-12-18-28/h3-4,7-9,14-15,23-24,31H,1-2,5-6,10-13,16-21H2,(H,29,34)(H,30,32)/t23-,24+/m1/s1. The highest BCUT2D eigenvalue weighted by Crippen LogP contribution is 2.29. The molecule has 1 aliphatic carbocycles. The lowest BCUT2D eigenvalue weighted by molar-refractivity contribution is -0.150. The molecule has 1 aliphatic rings. The van der Waals surface area contributed by atoms with Gasteiger partial charge in [0.2, 0.25) is 11.8 Å². The topological polar surface area (TPSA) is 105 Å². The van der Waals surface area contributed by atoms with Gasteiger partial charge in [0.1, 0.15) is 6.10 Å². The van der Waals surface area contributed by atoms with E-state index < -0.39 is 17.6 Å². The number of allylic oxidation sites excluding steroid dienone is 2. The van der Waals surface area contributed by atoms with Crippen molar-refractivity contribution in [2.45, 2.75) is 75.9 Å². The Bertz CT molecular complexity index is 833. The van der Waals surface area contributed by atoms with E-state index in [4.69, 9.17) is 4.74 Å². The zero-order chi connectivity index (χ0) is 25.5. The molecule has 2 atom stereocenters. The first-order valence-corrected chi connectivity index (χ1v) is 12.6. The lowest BCUT2D eigenvalue weighted by Crippen LogP contribution is -2.50. The molecule has 0 unspecified atom stereocenters. The average Bonchev–Trinajstić information content (AvgIpc) is 3.33. The normalized spacial score (nSPS) is 16.0. The predicted octanol–water partition coefficient (Wildman–Crippen LogP) is 4.14. The van der Waals surface area contributed by atoms with Gasteiger partial charge in [-0.15, -0.1) is 13.2 Å². The van der Waals surface area contributed by atoms with Crippen LogP contribution in [-0.2, 0) is 19.1 Å². The summed E-state index contributed by atoms with van der Waals surface area (Å²) in [5.74, 6) is -1.47. The summed E-state index contributed by atoms with van der Waals surface area (Å²) in [6, 6.07) is 9.29. The molecule has 1 aromatic carbocycles. The van der Waals surface area contributed by atoms with E-state index >= 15 is 0 Å². The Labute approximate surface area is 209 Å². The summed E-state index contributed by atoms with van der Waals surface area (Å²) in [7, 11) is 0. The average molecular weight is 485 g/mol. The molecule has 7 heteroatoms. The molecule has 7 nitrogen and oxygen atoms in total. The van der Waals surface area contributed by atoms with E-state index in [0.717, 1.165) is 44.1 Å². The van der Waals surface area contributed by atoms with E-state index in [9.17, 15) is 19.5 Å². The van der Waals surface area contributed by atoms with Gasteiger partial charge in [-0.05, 0) is 44.1 Å². The first-order chi connectivity index (χ1) is 16.9. The maximum absolute atomic E-state index is 13.0. The Kier molecular flexibility index (Phi) is 12.2. The monoisotopic (exact) mass is 484 g/mol. The lowest BCUT2D eigenvalue weighted by atomic mass is 9.95. The molecule has 0 radical (unpaired) electrons. The van der Waals surface area contributed by atoms with Crippen molar-refractivity contribution in [1.29, 1.82) is 0 Å². The van der Waals surface area contributed by atoms with Gasteiger partial charge in [0.25, 0.3) is 0 Å². The number of hydrogen-bond acceptors (Lipinski definition) is 5. The van der Waals surface area contributed by atoms with E-state index in [1.807, 2.05) is 36.4 Å². The van der Waals surface area contributed by atoms with Gasteiger partial charge in [-0.3, -0.25) is 14.4 Å². The highest BCUT2D eigenvalue weighted by Gasteiger charge is 2.35. The van der Waals surface area contributed by atoms with Gasteiger partial charge in [0.15, 0.2) is 0 Å². The molecule has 0 aromatic heterocycles. The summed E-state index contributed by atoms with van der Waals surface area (Å²) in [5, 5.41) is 15.6. The first-order valence-electron chi connectivity index (χ1n) is 12.6. The van der Waals surface area contributed by atoms with Crippen LogP contribution in [0.3, 0.4) is 0 Å². The van der Waals surface area contributed by atoms with E-state index in [1.165, 1.54) is 0 Å². The van der Waals surface area contributed by atoms with Crippen LogP contribution in [0.2, 0.25) is 0 Å². The van der Waals surface area contributed by atoms with Crippen LogP contribution in [0.1, 0.15) is 75.9 Å². The molecule has 1 fully saturated rings. The van der Waals surface area contributed by atoms with Crippen molar-refractivity contribution >= 4 is 17.8 Å². The Morgan fingerprint density at radius 1 is 1.09 bits per heavy atom. The SMILES string of the molecule is C=CCCCCC(=O)O[C@@H](CNC(=O)[C@H](CC=C)CC(=O)NC1(CO)CCCC1)c1ccccc1. The Morgan fingerprint density at radius 3 is 2.43 bits per heavy atom. The molecule has 192 valence electrons. The van der Waals surface area contributed by atoms with Crippen LogP contribution < -0.4 is 10.6 Å². The number of aliphatic hydroxyl groups excluding tert-OH is 1. The number of rotatable bonds is 16. The molecular weight excluding hydrogens is 444 g/mol. The van der Waals surface area contributed by atoms with Crippen molar-refractivity contribution in [2.24, 2.45) is 5.92 Å². The summed E-state index contributed by atoms with van der Waals surface area (Å²) >= 11 is 0. The first kappa shape index (κ1) is 28.3. The summed E-state index contributed by atoms with van der Waals surface area (Å²) in [6.45, 7) is 7.41. The highest BCUT2D eigenvalue weighted by molar-refractivity contribution is 5.86. The van der Waals surface area contributed by atoms with Crippen LogP contribution >= 0.6 is 0 Å². The summed E-state index contributed by atoms with van der Waals surface area (Å²) in [6.07, 6.45) is 9.30. The number of nitrogens with one attached hydrogen (secondary N) is 2. The lowest BCUT2D eigenvalue weighted by Gasteiger charge is -2.29. The number of carbonyl (C=O) groups is 3. The fourth-order valence-electron chi connectivity index (χ4n) is 4.44. The molecular formula is C28H40N2O5. The highest BCUT2D eigenvalue weighted by atomic mass is 16.5. The van der Waals surface area contributed by atoms with Crippen LogP contribution in [0.25, 0.3) is 0 Å². The summed E-state index contributed by atoms with van der Waals surface area (Å²) in [4.78, 5) is 38.1. The largest absolute Gasteiger partial charge is 0.456 e. The maximum Gasteiger partial charge on any atom is 0.306 e. The molecule has 0 bridgehead atoms. The fourth-order valence-corrected chi connectivity index (χ4v) is 4.44. The van der Waals surface area contributed by atoms with Crippen LogP contribution in [0.15, 0.2) is 55.6 Å². The van der Waals surface area contributed by atoms with Gasteiger partial charge in [-0.2, -0.15) is 0 Å². The molecule has 2 rings (SSSR count). The Balaban J connectivity index is 1.96. The molecule has 0 heterocycles. The molecule has 35 heavy (non-hydrogen) atoms. The second-order valence-corrected chi connectivity index (χ2v) is 9.29. The second kappa shape index (κ2) is 15.1. The van der Waals surface area contributed by atoms with Gasteiger partial charge in [0.05, 0.1) is 24.6 Å². The number of hydrogen-bond donors (Lipinski definition) is 3. The molecule has 3 N–H and O–H groups in total. The van der Waals surface area contributed by atoms with Gasteiger partial charge >= 0.3 is 5.97 Å². The van der Waals surface area contributed by atoms with E-state index in [0.29, 0.717) is 19.3 Å². The second-order valence-electron chi connectivity index (χ2n) is 9.29. The number of aliphatic hydroxyl groups is 1. The van der Waals surface area contributed by atoms with Crippen LogP contribution in [0, 0.1) is 5.92 Å². The van der Waals surface area contributed by atoms with Crippen LogP contribution in [0.5, 0.6) is 0 Å². The minimum atomic E-state index is -0.624. The van der Waals surface area contributed by atoms with E-state index in [2.05, 4.69) is 23.8 Å². The molecule has 1 saturated carbocycles. The molecule has 1 aromatic rings. The smallest absolute Gasteiger partial charge is 0.306 e. The molecule has 0 saturated heterocycles. The Morgan fingerprint density at radius 2 is 1.80 bits per heavy atom. The maximum atomic E-state index is 13.0. The zero-order valence-corrected chi connectivity index (χ0v) is 20.7. The zero-order valence-electron chi connectivity index (χ0n) is 20.7. The molecule has 0 aliphatic heterocycles. The van der Waals surface area contributed by atoms with Crippen molar-refractivity contribution in [3.63, 3.8) is 0 Å². The van der Waals surface area contributed by atoms with Crippen molar-refractivity contribution in [3.8, 4) is 0 Å². The predicted molar refractivity (Wildman–Crippen MR) is 136 cm³/mol. The minimum absolute atomic E-state index is 0.00129.